The normalized spacial score (nSPS) is 11.8. The molecule has 0 unspecified atom stereocenters. The van der Waals surface area contributed by atoms with Crippen LogP contribution in [0.4, 0.5) is 0 Å². The quantitative estimate of drug-likeness (QED) is 0.695. The average molecular weight is 177 g/mol. The molecule has 2 N–H and O–H groups in total. The van der Waals surface area contributed by atoms with E-state index in [1.165, 1.54) is 0 Å². The van der Waals surface area contributed by atoms with E-state index in [0.29, 0.717) is 0 Å². The molecule has 2 heteroatoms. The average Bonchev–Trinajstić information content (AvgIpc) is 2.04. The van der Waals surface area contributed by atoms with E-state index >= 15 is 0 Å². The number of hydrogen-bond acceptors (Lipinski definition) is 2. The van der Waals surface area contributed by atoms with Crippen LogP contribution in [-0.2, 0) is 0 Å². The molecular weight excluding hydrogens is 162 g/mol. The minimum Gasteiger partial charge on any atom is -0.495 e. The zero-order valence-electron chi connectivity index (χ0n) is 7.99. The van der Waals surface area contributed by atoms with Crippen molar-refractivity contribution in [1.29, 1.82) is 0 Å². The number of nitrogens with one attached hydrogen (secondary N) is 1. The van der Waals surface area contributed by atoms with Gasteiger partial charge in [0.1, 0.15) is 0 Å². The van der Waals surface area contributed by atoms with Crippen molar-refractivity contribution in [2.24, 2.45) is 0 Å². The van der Waals surface area contributed by atoms with Crippen LogP contribution < -0.4 is 5.32 Å². The van der Waals surface area contributed by atoms with Gasteiger partial charge in [0.15, 0.2) is 5.88 Å². The summed E-state index contributed by atoms with van der Waals surface area (Å²) in [6, 6.07) is 9.96. The van der Waals surface area contributed by atoms with E-state index in [1.807, 2.05) is 44.2 Å². The maximum Gasteiger partial charge on any atom is 0.184 e. The van der Waals surface area contributed by atoms with E-state index in [0.717, 1.165) is 5.56 Å². The van der Waals surface area contributed by atoms with E-state index in [4.69, 9.17) is 0 Å². The van der Waals surface area contributed by atoms with Crippen LogP contribution in [0.15, 0.2) is 36.2 Å². The van der Waals surface area contributed by atoms with Crippen molar-refractivity contribution in [3.63, 3.8) is 0 Å². The lowest BCUT2D eigenvalue weighted by Crippen LogP contribution is -2.21. The van der Waals surface area contributed by atoms with Gasteiger partial charge < -0.3 is 10.4 Å². The molecule has 0 radical (unpaired) electrons. The van der Waals surface area contributed by atoms with Gasteiger partial charge in [0.25, 0.3) is 0 Å². The molecular formula is C11H15NO. The summed E-state index contributed by atoms with van der Waals surface area (Å²) in [5, 5.41) is 12.3. The van der Waals surface area contributed by atoms with Gasteiger partial charge in [-0.25, -0.2) is 0 Å². The van der Waals surface area contributed by atoms with Gasteiger partial charge in [0.05, 0.1) is 0 Å². The lowest BCUT2D eigenvalue weighted by molar-refractivity contribution is 0.355. The van der Waals surface area contributed by atoms with Crippen molar-refractivity contribution in [1.82, 2.24) is 5.32 Å². The number of aliphatic hydroxyl groups is 1. The van der Waals surface area contributed by atoms with Gasteiger partial charge in [-0.05, 0) is 19.4 Å². The Kier molecular flexibility index (Phi) is 3.38. The molecule has 0 bridgehead atoms. The predicted octanol–water partition coefficient (Wildman–Crippen LogP) is 2.54. The number of benzene rings is 1. The molecule has 0 aliphatic heterocycles. The molecule has 0 aliphatic rings. The monoisotopic (exact) mass is 177 g/mol. The van der Waals surface area contributed by atoms with Crippen LogP contribution in [-0.4, -0.2) is 11.1 Å². The smallest absolute Gasteiger partial charge is 0.184 e. The molecule has 70 valence electrons. The van der Waals surface area contributed by atoms with E-state index in [-0.39, 0.29) is 11.9 Å². The molecule has 0 fully saturated rings. The van der Waals surface area contributed by atoms with Crippen molar-refractivity contribution in [2.45, 2.75) is 19.9 Å². The maximum absolute atomic E-state index is 9.42. The molecule has 1 aromatic rings. The fourth-order valence-corrected chi connectivity index (χ4v) is 1.04. The Morgan fingerprint density at radius 3 is 2.46 bits per heavy atom. The van der Waals surface area contributed by atoms with Gasteiger partial charge in [0, 0.05) is 12.1 Å². The van der Waals surface area contributed by atoms with Crippen LogP contribution in [0.2, 0.25) is 0 Å². The first-order chi connectivity index (χ1) is 6.18. The Bertz CT molecular complexity index is 277. The molecule has 0 aliphatic carbocycles. The summed E-state index contributed by atoms with van der Waals surface area (Å²) in [4.78, 5) is 0. The van der Waals surface area contributed by atoms with E-state index in [1.54, 1.807) is 6.08 Å². The molecule has 0 amide bonds. The Labute approximate surface area is 78.9 Å². The van der Waals surface area contributed by atoms with Crippen LogP contribution in [0.25, 0.3) is 6.08 Å². The molecule has 0 saturated carbocycles. The van der Waals surface area contributed by atoms with E-state index < -0.39 is 0 Å². The Hall–Kier alpha value is -1.44. The van der Waals surface area contributed by atoms with Crippen molar-refractivity contribution in [3.8, 4) is 0 Å². The largest absolute Gasteiger partial charge is 0.495 e. The molecule has 13 heavy (non-hydrogen) atoms. The second kappa shape index (κ2) is 4.55. The van der Waals surface area contributed by atoms with Gasteiger partial charge >= 0.3 is 0 Å². The van der Waals surface area contributed by atoms with E-state index in [9.17, 15) is 5.11 Å². The van der Waals surface area contributed by atoms with Crippen molar-refractivity contribution in [3.05, 3.63) is 41.8 Å². The molecule has 1 aromatic carbocycles. The third kappa shape index (κ3) is 3.65. The Morgan fingerprint density at radius 1 is 1.31 bits per heavy atom. The first-order valence-electron chi connectivity index (χ1n) is 4.41. The third-order valence-corrected chi connectivity index (χ3v) is 1.54. The van der Waals surface area contributed by atoms with Crippen LogP contribution in [0, 0.1) is 0 Å². The molecule has 1 rings (SSSR count). The summed E-state index contributed by atoms with van der Waals surface area (Å²) in [6.07, 6.45) is 1.71. The second-order valence-electron chi connectivity index (χ2n) is 3.24. The molecule has 0 aromatic heterocycles. The Balaban J connectivity index is 2.66. The molecule has 0 saturated heterocycles. The summed E-state index contributed by atoms with van der Waals surface area (Å²) in [7, 11) is 0. The maximum atomic E-state index is 9.42. The SMILES string of the molecule is CC(C)NC(O)=Cc1ccccc1. The third-order valence-electron chi connectivity index (χ3n) is 1.54. The van der Waals surface area contributed by atoms with Crippen LogP contribution >= 0.6 is 0 Å². The summed E-state index contributed by atoms with van der Waals surface area (Å²) < 4.78 is 0. The van der Waals surface area contributed by atoms with Crippen LogP contribution in [0.1, 0.15) is 19.4 Å². The minimum atomic E-state index is 0.209. The van der Waals surface area contributed by atoms with Crippen molar-refractivity contribution >= 4 is 6.08 Å². The van der Waals surface area contributed by atoms with Crippen molar-refractivity contribution < 1.29 is 5.11 Å². The first kappa shape index (κ1) is 9.65. The molecule has 0 spiro atoms. The molecule has 0 heterocycles. The van der Waals surface area contributed by atoms with Gasteiger partial charge in [-0.2, -0.15) is 0 Å². The number of hydrogen-bond donors (Lipinski definition) is 2. The standard InChI is InChI=1S/C11H15NO/c1-9(2)12-11(13)8-10-6-4-3-5-7-10/h3-9,12-13H,1-2H3. The number of rotatable bonds is 3. The van der Waals surface area contributed by atoms with E-state index in [2.05, 4.69) is 5.32 Å². The molecule has 0 atom stereocenters. The number of aliphatic hydroxyl groups excluding tert-OH is 1. The van der Waals surface area contributed by atoms with Crippen molar-refractivity contribution in [2.75, 3.05) is 0 Å². The topological polar surface area (TPSA) is 32.3 Å². The highest BCUT2D eigenvalue weighted by Gasteiger charge is 1.95. The lowest BCUT2D eigenvalue weighted by atomic mass is 10.2. The zero-order valence-corrected chi connectivity index (χ0v) is 7.99. The van der Waals surface area contributed by atoms with Crippen LogP contribution in [0.5, 0.6) is 0 Å². The molecule has 2 nitrogen and oxygen atoms in total. The highest BCUT2D eigenvalue weighted by molar-refractivity contribution is 5.50. The highest BCUT2D eigenvalue weighted by Crippen LogP contribution is 2.03. The fraction of sp³-hybridized carbons (Fsp3) is 0.273. The highest BCUT2D eigenvalue weighted by atomic mass is 16.3. The minimum absolute atomic E-state index is 0.209. The summed E-state index contributed by atoms with van der Waals surface area (Å²) in [6.45, 7) is 3.96. The Morgan fingerprint density at radius 2 is 1.92 bits per heavy atom. The van der Waals surface area contributed by atoms with Crippen LogP contribution in [0.3, 0.4) is 0 Å². The fourth-order valence-electron chi connectivity index (χ4n) is 1.04. The van der Waals surface area contributed by atoms with Gasteiger partial charge in [0.2, 0.25) is 0 Å². The van der Waals surface area contributed by atoms with Gasteiger partial charge in [-0.1, -0.05) is 30.3 Å². The summed E-state index contributed by atoms with van der Waals surface area (Å²) in [5.41, 5.74) is 0.994. The first-order valence-corrected chi connectivity index (χ1v) is 4.41. The zero-order chi connectivity index (χ0) is 9.68. The lowest BCUT2D eigenvalue weighted by Gasteiger charge is -2.07. The predicted molar refractivity (Wildman–Crippen MR) is 55.3 cm³/mol. The summed E-state index contributed by atoms with van der Waals surface area (Å²) in [5.74, 6) is 0.209. The van der Waals surface area contributed by atoms with Gasteiger partial charge in [-0.3, -0.25) is 0 Å². The second-order valence-corrected chi connectivity index (χ2v) is 3.24. The van der Waals surface area contributed by atoms with Gasteiger partial charge in [-0.15, -0.1) is 0 Å². The summed E-state index contributed by atoms with van der Waals surface area (Å²) >= 11 is 0.